The van der Waals surface area contributed by atoms with Crippen molar-refractivity contribution in [2.45, 2.75) is 20.8 Å². The highest BCUT2D eigenvalue weighted by molar-refractivity contribution is 7.22. The molecule has 2 aromatic heterocycles. The highest BCUT2D eigenvalue weighted by Gasteiger charge is 2.20. The standard InChI is InChI=1S/C16H14ClN3O2S/c1-7-13(9(3)21)8(2)18-14(7)15(22)20-16-19-11-5-4-10(17)6-12(11)23-16/h4-6,18H,1-3H3,(H,19,20,22). The van der Waals surface area contributed by atoms with E-state index in [-0.39, 0.29) is 11.7 Å². The van der Waals surface area contributed by atoms with Crippen molar-refractivity contribution in [3.05, 3.63) is 45.7 Å². The van der Waals surface area contributed by atoms with Crippen LogP contribution in [0.1, 0.15) is 39.0 Å². The third-order valence-electron chi connectivity index (χ3n) is 3.59. The third kappa shape index (κ3) is 2.87. The minimum atomic E-state index is -0.316. The molecule has 2 N–H and O–H groups in total. The van der Waals surface area contributed by atoms with Crippen LogP contribution in [0.3, 0.4) is 0 Å². The topological polar surface area (TPSA) is 74.8 Å². The van der Waals surface area contributed by atoms with E-state index in [2.05, 4.69) is 15.3 Å². The molecular weight excluding hydrogens is 334 g/mol. The van der Waals surface area contributed by atoms with E-state index in [1.165, 1.54) is 18.3 Å². The van der Waals surface area contributed by atoms with Crippen molar-refractivity contribution >= 4 is 50.0 Å². The fourth-order valence-corrected chi connectivity index (χ4v) is 3.75. The summed E-state index contributed by atoms with van der Waals surface area (Å²) >= 11 is 7.30. The molecule has 0 aliphatic rings. The first kappa shape index (κ1) is 15.7. The third-order valence-corrected chi connectivity index (χ3v) is 4.76. The normalized spacial score (nSPS) is 11.0. The number of rotatable bonds is 3. The molecule has 7 heteroatoms. The number of thiazole rings is 1. The van der Waals surface area contributed by atoms with Gasteiger partial charge in [-0.3, -0.25) is 14.9 Å². The highest BCUT2D eigenvalue weighted by atomic mass is 35.5. The smallest absolute Gasteiger partial charge is 0.274 e. The number of anilines is 1. The molecule has 118 valence electrons. The van der Waals surface area contributed by atoms with Gasteiger partial charge in [-0.1, -0.05) is 22.9 Å². The predicted molar refractivity (Wildman–Crippen MR) is 92.9 cm³/mol. The molecule has 3 rings (SSSR count). The number of hydrogen-bond donors (Lipinski definition) is 2. The van der Waals surface area contributed by atoms with E-state index in [9.17, 15) is 9.59 Å². The number of H-pyrrole nitrogens is 1. The molecule has 1 aromatic carbocycles. The Morgan fingerprint density at radius 1 is 1.30 bits per heavy atom. The summed E-state index contributed by atoms with van der Waals surface area (Å²) in [7, 11) is 0. The summed E-state index contributed by atoms with van der Waals surface area (Å²) in [6, 6.07) is 5.37. The summed E-state index contributed by atoms with van der Waals surface area (Å²) in [4.78, 5) is 31.5. The molecule has 0 atom stereocenters. The van der Waals surface area contributed by atoms with Gasteiger partial charge in [0, 0.05) is 16.3 Å². The first-order valence-corrected chi connectivity index (χ1v) is 8.14. The van der Waals surface area contributed by atoms with E-state index in [4.69, 9.17) is 11.6 Å². The number of benzene rings is 1. The molecule has 0 radical (unpaired) electrons. The van der Waals surface area contributed by atoms with E-state index in [1.54, 1.807) is 19.9 Å². The zero-order valence-corrected chi connectivity index (χ0v) is 14.4. The lowest BCUT2D eigenvalue weighted by Crippen LogP contribution is -2.13. The van der Waals surface area contributed by atoms with Crippen molar-refractivity contribution in [1.82, 2.24) is 9.97 Å². The number of fused-ring (bicyclic) bond motifs is 1. The maximum atomic E-state index is 12.5. The van der Waals surface area contributed by atoms with Crippen LogP contribution in [0.15, 0.2) is 18.2 Å². The number of aryl methyl sites for hydroxylation is 1. The van der Waals surface area contributed by atoms with Gasteiger partial charge in [-0.25, -0.2) is 4.98 Å². The van der Waals surface area contributed by atoms with Gasteiger partial charge in [0.05, 0.1) is 10.2 Å². The Morgan fingerprint density at radius 2 is 2.04 bits per heavy atom. The molecule has 2 heterocycles. The Bertz CT molecular complexity index is 942. The summed E-state index contributed by atoms with van der Waals surface area (Å²) < 4.78 is 0.900. The minimum absolute atomic E-state index is 0.0649. The maximum Gasteiger partial charge on any atom is 0.274 e. The van der Waals surface area contributed by atoms with Crippen LogP contribution in [0.2, 0.25) is 5.02 Å². The number of Topliss-reactive ketones (excluding diaryl/α,β-unsaturated/α-hetero) is 1. The van der Waals surface area contributed by atoms with Gasteiger partial charge in [0.15, 0.2) is 10.9 Å². The fourth-order valence-electron chi connectivity index (χ4n) is 2.62. The van der Waals surface area contributed by atoms with Crippen molar-refractivity contribution in [3.63, 3.8) is 0 Å². The van der Waals surface area contributed by atoms with Gasteiger partial charge in [-0.05, 0) is 44.5 Å². The number of aromatic amines is 1. The molecule has 1 amide bonds. The van der Waals surface area contributed by atoms with Gasteiger partial charge in [-0.15, -0.1) is 0 Å². The second-order valence-electron chi connectivity index (χ2n) is 5.27. The zero-order valence-electron chi connectivity index (χ0n) is 12.8. The number of ketones is 1. The minimum Gasteiger partial charge on any atom is -0.354 e. The van der Waals surface area contributed by atoms with Crippen molar-refractivity contribution in [1.29, 1.82) is 0 Å². The predicted octanol–water partition coefficient (Wildman–Crippen LogP) is 4.35. The van der Waals surface area contributed by atoms with Gasteiger partial charge in [0.25, 0.3) is 5.91 Å². The highest BCUT2D eigenvalue weighted by Crippen LogP contribution is 2.29. The number of hydrogen-bond acceptors (Lipinski definition) is 4. The Morgan fingerprint density at radius 3 is 2.70 bits per heavy atom. The lowest BCUT2D eigenvalue weighted by molar-refractivity contribution is 0.101. The summed E-state index contributed by atoms with van der Waals surface area (Å²) in [5.74, 6) is -0.381. The van der Waals surface area contributed by atoms with Crippen molar-refractivity contribution < 1.29 is 9.59 Å². The first-order valence-electron chi connectivity index (χ1n) is 6.94. The van der Waals surface area contributed by atoms with Gasteiger partial charge in [-0.2, -0.15) is 0 Å². The number of aromatic nitrogens is 2. The quantitative estimate of drug-likeness (QED) is 0.691. The Hall–Kier alpha value is -2.18. The SMILES string of the molecule is CC(=O)c1c(C)[nH]c(C(=O)Nc2nc3ccc(Cl)cc3s2)c1C. The van der Waals surface area contributed by atoms with Crippen molar-refractivity contribution in [3.8, 4) is 0 Å². The monoisotopic (exact) mass is 347 g/mol. The molecule has 0 aliphatic carbocycles. The lowest BCUT2D eigenvalue weighted by Gasteiger charge is -2.01. The molecule has 0 saturated carbocycles. The largest absolute Gasteiger partial charge is 0.354 e. The van der Waals surface area contributed by atoms with Crippen molar-refractivity contribution in [2.75, 3.05) is 5.32 Å². The van der Waals surface area contributed by atoms with Crippen LogP contribution in [0, 0.1) is 13.8 Å². The molecule has 5 nitrogen and oxygen atoms in total. The van der Waals surface area contributed by atoms with E-state index in [0.717, 1.165) is 10.2 Å². The number of halogens is 1. The summed E-state index contributed by atoms with van der Waals surface area (Å²) in [6.45, 7) is 5.02. The number of amides is 1. The average molecular weight is 348 g/mol. The first-order chi connectivity index (χ1) is 10.9. The van der Waals surface area contributed by atoms with E-state index >= 15 is 0 Å². The van der Waals surface area contributed by atoms with Gasteiger partial charge in [0.2, 0.25) is 0 Å². The average Bonchev–Trinajstić information content (AvgIpc) is 2.98. The second kappa shape index (κ2) is 5.79. The van der Waals surface area contributed by atoms with Crippen molar-refractivity contribution in [2.24, 2.45) is 0 Å². The summed E-state index contributed by atoms with van der Waals surface area (Å²) in [5.41, 5.74) is 3.06. The molecule has 0 saturated heterocycles. The molecular formula is C16H14ClN3O2S. The molecule has 3 aromatic rings. The Kier molecular flexibility index (Phi) is 3.95. The lowest BCUT2D eigenvalue weighted by atomic mass is 10.1. The van der Waals surface area contributed by atoms with Crippen LogP contribution in [-0.4, -0.2) is 21.7 Å². The number of carbonyl (C=O) groups excluding carboxylic acids is 2. The van der Waals surface area contributed by atoms with E-state index in [0.29, 0.717) is 32.7 Å². The molecule has 0 fully saturated rings. The Balaban J connectivity index is 1.91. The van der Waals surface area contributed by atoms with Crippen LogP contribution in [0.4, 0.5) is 5.13 Å². The maximum absolute atomic E-state index is 12.5. The summed E-state index contributed by atoms with van der Waals surface area (Å²) in [6.07, 6.45) is 0. The molecule has 0 bridgehead atoms. The molecule has 23 heavy (non-hydrogen) atoms. The number of carbonyl (C=O) groups is 2. The number of nitrogens with one attached hydrogen (secondary N) is 2. The summed E-state index contributed by atoms with van der Waals surface area (Å²) in [5, 5.41) is 3.89. The van der Waals surface area contributed by atoms with E-state index < -0.39 is 0 Å². The van der Waals surface area contributed by atoms with E-state index in [1.807, 2.05) is 12.1 Å². The Labute approximate surface area is 141 Å². The van der Waals surface area contributed by atoms with Crippen LogP contribution in [0.5, 0.6) is 0 Å². The van der Waals surface area contributed by atoms with Gasteiger partial charge >= 0.3 is 0 Å². The molecule has 0 spiro atoms. The number of nitrogens with zero attached hydrogens (tertiary/aromatic N) is 1. The van der Waals surface area contributed by atoms with Crippen LogP contribution >= 0.6 is 22.9 Å². The fraction of sp³-hybridized carbons (Fsp3) is 0.188. The zero-order chi connectivity index (χ0) is 16.7. The van der Waals surface area contributed by atoms with Crippen LogP contribution in [-0.2, 0) is 0 Å². The molecule has 0 unspecified atom stereocenters. The molecule has 0 aliphatic heterocycles. The van der Waals surface area contributed by atoms with Crippen LogP contribution < -0.4 is 5.32 Å². The van der Waals surface area contributed by atoms with Gasteiger partial charge < -0.3 is 4.98 Å². The van der Waals surface area contributed by atoms with Gasteiger partial charge in [0.1, 0.15) is 5.69 Å². The van der Waals surface area contributed by atoms with Crippen LogP contribution in [0.25, 0.3) is 10.2 Å². The second-order valence-corrected chi connectivity index (χ2v) is 6.73.